The molecule has 0 saturated carbocycles. The number of nitrogens with one attached hydrogen (secondary N) is 2. The van der Waals surface area contributed by atoms with Crippen molar-refractivity contribution >= 4 is 18.1 Å². The summed E-state index contributed by atoms with van der Waals surface area (Å²) < 4.78 is 22.3. The lowest BCUT2D eigenvalue weighted by atomic mass is 9.80. The van der Waals surface area contributed by atoms with Crippen LogP contribution < -0.4 is 15.4 Å². The highest BCUT2D eigenvalue weighted by Crippen LogP contribution is 2.29. The van der Waals surface area contributed by atoms with E-state index < -0.39 is 41.5 Å². The molecule has 3 amide bonds. The third-order valence-electron chi connectivity index (χ3n) is 8.99. The van der Waals surface area contributed by atoms with E-state index in [1.165, 1.54) is 0 Å². The normalized spacial score (nSPS) is 17.7. The summed E-state index contributed by atoms with van der Waals surface area (Å²) in [4.78, 5) is 40.9. The molecule has 3 N–H and O–H groups in total. The van der Waals surface area contributed by atoms with E-state index in [1.807, 2.05) is 41.5 Å². The number of alkyl carbamates (subject to hydrolysis) is 1. The molecule has 1 aliphatic heterocycles. The van der Waals surface area contributed by atoms with E-state index >= 15 is 0 Å². The first-order valence-corrected chi connectivity index (χ1v) is 18.4. The van der Waals surface area contributed by atoms with Gasteiger partial charge in [-0.25, -0.2) is 9.59 Å². The topological polar surface area (TPSA) is 136 Å². The van der Waals surface area contributed by atoms with Gasteiger partial charge >= 0.3 is 12.2 Å². The molecule has 0 aliphatic carbocycles. The van der Waals surface area contributed by atoms with Crippen molar-refractivity contribution < 1.29 is 38.4 Å². The molecule has 11 nitrogen and oxygen atoms in total. The number of methoxy groups -OCH3 is 1. The van der Waals surface area contributed by atoms with E-state index in [2.05, 4.69) is 42.7 Å². The van der Waals surface area contributed by atoms with Gasteiger partial charge in [0.05, 0.1) is 18.8 Å². The zero-order chi connectivity index (χ0) is 37.8. The predicted octanol–water partition coefficient (Wildman–Crippen LogP) is 6.66. The number of ether oxygens (including phenoxy) is 4. The van der Waals surface area contributed by atoms with Gasteiger partial charge in [0.2, 0.25) is 5.91 Å². The van der Waals surface area contributed by atoms with Gasteiger partial charge in [-0.15, -0.1) is 0 Å². The molecule has 11 heteroatoms. The van der Waals surface area contributed by atoms with Crippen LogP contribution in [0.1, 0.15) is 106 Å². The van der Waals surface area contributed by atoms with Crippen molar-refractivity contribution in [1.29, 1.82) is 0 Å². The van der Waals surface area contributed by atoms with Crippen LogP contribution in [-0.4, -0.2) is 90.9 Å². The SMILES string of the molecule is COCCCOc1cc(CC(CC(NC(=O)OC(C)(C)C)C(O)CC(C(=O)NC2CCN(C(=O)OC(C)(C)C)C2)C(C)C)C(C)C)ccc1C. The molecular formula is C39H67N3O8. The third kappa shape index (κ3) is 15.5. The van der Waals surface area contributed by atoms with Crippen molar-refractivity contribution in [2.75, 3.05) is 33.4 Å². The van der Waals surface area contributed by atoms with Crippen molar-refractivity contribution in [1.82, 2.24) is 15.5 Å². The molecule has 2 rings (SSSR count). The summed E-state index contributed by atoms with van der Waals surface area (Å²) >= 11 is 0. The molecule has 0 bridgehead atoms. The van der Waals surface area contributed by atoms with Gasteiger partial charge in [0.25, 0.3) is 0 Å². The Balaban J connectivity index is 2.22. The molecular weight excluding hydrogens is 638 g/mol. The van der Waals surface area contributed by atoms with Crippen LogP contribution in [0.25, 0.3) is 0 Å². The highest BCUT2D eigenvalue weighted by atomic mass is 16.6. The quantitative estimate of drug-likeness (QED) is 0.153. The van der Waals surface area contributed by atoms with E-state index in [-0.39, 0.29) is 36.1 Å². The van der Waals surface area contributed by atoms with Crippen LogP contribution >= 0.6 is 0 Å². The van der Waals surface area contributed by atoms with Crippen LogP contribution in [0.2, 0.25) is 0 Å². The first-order chi connectivity index (χ1) is 23.2. The number of hydrogen-bond acceptors (Lipinski definition) is 8. The van der Waals surface area contributed by atoms with E-state index in [1.54, 1.807) is 32.8 Å². The number of rotatable bonds is 17. The average molecular weight is 706 g/mol. The van der Waals surface area contributed by atoms with Gasteiger partial charge in [-0.3, -0.25) is 4.79 Å². The number of carbonyl (C=O) groups is 3. The van der Waals surface area contributed by atoms with Crippen molar-refractivity contribution in [2.24, 2.45) is 23.7 Å². The Morgan fingerprint density at radius 1 is 0.960 bits per heavy atom. The number of carbonyl (C=O) groups excluding carboxylic acids is 3. The number of aliphatic hydroxyl groups is 1. The lowest BCUT2D eigenvalue weighted by Crippen LogP contribution is -2.49. The summed E-state index contributed by atoms with van der Waals surface area (Å²) in [6.45, 7) is 23.2. The zero-order valence-corrected chi connectivity index (χ0v) is 32.9. The Morgan fingerprint density at radius 2 is 1.62 bits per heavy atom. The minimum atomic E-state index is -1.01. The maximum atomic E-state index is 13.7. The van der Waals surface area contributed by atoms with Crippen molar-refractivity contribution in [2.45, 2.75) is 138 Å². The predicted molar refractivity (Wildman–Crippen MR) is 196 cm³/mol. The number of hydrogen-bond donors (Lipinski definition) is 3. The lowest BCUT2D eigenvalue weighted by Gasteiger charge is -2.33. The van der Waals surface area contributed by atoms with E-state index in [0.717, 1.165) is 29.7 Å². The Bertz CT molecular complexity index is 1220. The van der Waals surface area contributed by atoms with Crippen LogP contribution in [0, 0.1) is 30.6 Å². The van der Waals surface area contributed by atoms with E-state index in [0.29, 0.717) is 39.1 Å². The minimum absolute atomic E-state index is 0.0778. The van der Waals surface area contributed by atoms with E-state index in [4.69, 9.17) is 18.9 Å². The van der Waals surface area contributed by atoms with Crippen LogP contribution in [0.5, 0.6) is 5.75 Å². The number of nitrogens with zero attached hydrogens (tertiary/aromatic N) is 1. The number of aliphatic hydroxyl groups excluding tert-OH is 1. The largest absolute Gasteiger partial charge is 0.493 e. The first-order valence-electron chi connectivity index (χ1n) is 18.4. The molecule has 1 saturated heterocycles. The molecule has 5 atom stereocenters. The zero-order valence-electron chi connectivity index (χ0n) is 32.9. The van der Waals surface area contributed by atoms with Crippen molar-refractivity contribution in [3.8, 4) is 5.75 Å². The summed E-state index contributed by atoms with van der Waals surface area (Å²) in [5.74, 6) is 0.396. The van der Waals surface area contributed by atoms with Gasteiger partial charge in [-0.1, -0.05) is 39.8 Å². The minimum Gasteiger partial charge on any atom is -0.493 e. The van der Waals surface area contributed by atoms with Gasteiger partial charge in [0.15, 0.2) is 0 Å². The fourth-order valence-corrected chi connectivity index (χ4v) is 6.09. The second-order valence-electron chi connectivity index (χ2n) is 16.6. The molecule has 286 valence electrons. The van der Waals surface area contributed by atoms with Crippen LogP contribution in [0.3, 0.4) is 0 Å². The Labute approximate surface area is 301 Å². The molecule has 1 heterocycles. The highest BCUT2D eigenvalue weighted by molar-refractivity contribution is 5.79. The van der Waals surface area contributed by atoms with Crippen molar-refractivity contribution in [3.05, 3.63) is 29.3 Å². The summed E-state index contributed by atoms with van der Waals surface area (Å²) in [6.07, 6.45) is 0.761. The smallest absolute Gasteiger partial charge is 0.410 e. The summed E-state index contributed by atoms with van der Waals surface area (Å²) in [5, 5.41) is 17.9. The maximum Gasteiger partial charge on any atom is 0.410 e. The van der Waals surface area contributed by atoms with Gasteiger partial charge in [-0.2, -0.15) is 0 Å². The Morgan fingerprint density at radius 3 is 2.20 bits per heavy atom. The number of amides is 3. The maximum absolute atomic E-state index is 13.7. The van der Waals surface area contributed by atoms with Gasteiger partial charge in [-0.05, 0) is 109 Å². The summed E-state index contributed by atoms with van der Waals surface area (Å²) in [5.41, 5.74) is 0.850. The molecule has 0 radical (unpaired) electrons. The number of aryl methyl sites for hydroxylation is 1. The summed E-state index contributed by atoms with van der Waals surface area (Å²) in [7, 11) is 1.68. The van der Waals surface area contributed by atoms with Crippen LogP contribution in [0.15, 0.2) is 18.2 Å². The fraction of sp³-hybridized carbons (Fsp3) is 0.769. The second kappa shape index (κ2) is 19.5. The molecule has 1 aromatic carbocycles. The fourth-order valence-electron chi connectivity index (χ4n) is 6.09. The molecule has 1 aliphatic rings. The summed E-state index contributed by atoms with van der Waals surface area (Å²) in [6, 6.07) is 5.38. The average Bonchev–Trinajstić information content (AvgIpc) is 3.45. The monoisotopic (exact) mass is 705 g/mol. The molecule has 50 heavy (non-hydrogen) atoms. The van der Waals surface area contributed by atoms with E-state index in [9.17, 15) is 19.5 Å². The highest BCUT2D eigenvalue weighted by Gasteiger charge is 2.36. The van der Waals surface area contributed by atoms with Gasteiger partial charge in [0, 0.05) is 45.2 Å². The molecule has 1 fully saturated rings. The lowest BCUT2D eigenvalue weighted by molar-refractivity contribution is -0.128. The Hall–Kier alpha value is -3.05. The van der Waals surface area contributed by atoms with Gasteiger partial charge < -0.3 is 39.6 Å². The second-order valence-corrected chi connectivity index (χ2v) is 16.6. The molecule has 5 unspecified atom stereocenters. The molecule has 0 aromatic heterocycles. The number of likely N-dealkylation sites (tertiary alicyclic amines) is 1. The number of benzene rings is 1. The standard InChI is InChI=1S/C39H67N3O8/c1-25(2)29(20-28-15-14-27(5)34(21-28)48-19-13-18-47-12)22-32(41-36(45)49-38(6,7)8)33(43)23-31(26(3)4)35(44)40-30-16-17-42(24-30)37(46)50-39(9,10)11/h14-15,21,25-26,29-33,43H,13,16-20,22-24H2,1-12H3,(H,40,44)(H,41,45). The first kappa shape index (κ1) is 43.1. The van der Waals surface area contributed by atoms with Crippen molar-refractivity contribution in [3.63, 3.8) is 0 Å². The van der Waals surface area contributed by atoms with Crippen LogP contribution in [0.4, 0.5) is 9.59 Å². The third-order valence-corrected chi connectivity index (χ3v) is 8.99. The molecule has 0 spiro atoms. The Kier molecular flexibility index (Phi) is 16.8. The van der Waals surface area contributed by atoms with Gasteiger partial charge in [0.1, 0.15) is 17.0 Å². The van der Waals surface area contributed by atoms with Crippen LogP contribution in [-0.2, 0) is 25.4 Å². The molecule has 1 aromatic rings.